The fraction of sp³-hybridized carbons (Fsp3) is 0.280. The number of nitrogens with one attached hydrogen (secondary N) is 2. The molecule has 0 bridgehead atoms. The first-order valence-electron chi connectivity index (χ1n) is 10.7. The van der Waals surface area contributed by atoms with Crippen molar-refractivity contribution < 1.29 is 9.18 Å². The van der Waals surface area contributed by atoms with Crippen LogP contribution in [0.15, 0.2) is 60.8 Å². The second kappa shape index (κ2) is 9.60. The van der Waals surface area contributed by atoms with Gasteiger partial charge in [0.15, 0.2) is 0 Å². The zero-order valence-electron chi connectivity index (χ0n) is 17.7. The molecule has 2 N–H and O–H groups in total. The molecule has 0 aliphatic rings. The van der Waals surface area contributed by atoms with Gasteiger partial charge in [-0.2, -0.15) is 5.10 Å². The first kappa shape index (κ1) is 20.8. The summed E-state index contributed by atoms with van der Waals surface area (Å²) in [5.74, 6) is -0.122. The topological polar surface area (TPSA) is 64.8 Å². The van der Waals surface area contributed by atoms with Crippen LogP contribution >= 0.6 is 0 Å². The Morgan fingerprint density at radius 2 is 1.94 bits per heavy atom. The van der Waals surface area contributed by atoms with Crippen molar-refractivity contribution in [3.8, 4) is 11.3 Å². The van der Waals surface area contributed by atoms with Crippen LogP contribution in [-0.4, -0.2) is 39.6 Å². The average molecular weight is 419 g/mol. The largest absolute Gasteiger partial charge is 0.361 e. The molecule has 0 fully saturated rings. The molecule has 0 aliphatic carbocycles. The molecule has 0 saturated carbocycles. The highest BCUT2D eigenvalue weighted by molar-refractivity contribution is 5.88. The fourth-order valence-corrected chi connectivity index (χ4v) is 3.83. The number of H-pyrrole nitrogens is 2. The number of benzene rings is 2. The molecular formula is C25H27FN4O. The van der Waals surface area contributed by atoms with Crippen LogP contribution in [0, 0.1) is 5.82 Å². The highest BCUT2D eigenvalue weighted by Crippen LogP contribution is 2.20. The van der Waals surface area contributed by atoms with E-state index in [4.69, 9.17) is 0 Å². The number of likely N-dealkylation sites (N-methyl/N-ethyl adjacent to an activating group) is 1. The van der Waals surface area contributed by atoms with E-state index in [1.54, 1.807) is 6.07 Å². The van der Waals surface area contributed by atoms with Crippen LogP contribution in [0.2, 0.25) is 0 Å². The smallest absolute Gasteiger partial charge is 0.226 e. The van der Waals surface area contributed by atoms with Gasteiger partial charge >= 0.3 is 0 Å². The van der Waals surface area contributed by atoms with Gasteiger partial charge in [-0.05, 0) is 49.1 Å². The van der Waals surface area contributed by atoms with E-state index < -0.39 is 0 Å². The van der Waals surface area contributed by atoms with E-state index in [9.17, 15) is 9.18 Å². The van der Waals surface area contributed by atoms with Crippen molar-refractivity contribution >= 4 is 16.8 Å². The predicted molar refractivity (Wildman–Crippen MR) is 121 cm³/mol. The Morgan fingerprint density at radius 1 is 1.06 bits per heavy atom. The van der Waals surface area contributed by atoms with E-state index >= 15 is 0 Å². The minimum atomic E-state index is -0.259. The van der Waals surface area contributed by atoms with Gasteiger partial charge in [-0.3, -0.25) is 9.89 Å². The van der Waals surface area contributed by atoms with Gasteiger partial charge in [0, 0.05) is 41.9 Å². The van der Waals surface area contributed by atoms with Crippen molar-refractivity contribution in [3.63, 3.8) is 0 Å². The summed E-state index contributed by atoms with van der Waals surface area (Å²) in [6, 6.07) is 16.5. The van der Waals surface area contributed by atoms with E-state index in [-0.39, 0.29) is 11.7 Å². The van der Waals surface area contributed by atoms with E-state index in [0.29, 0.717) is 6.42 Å². The normalized spacial score (nSPS) is 11.2. The third kappa shape index (κ3) is 5.20. The third-order valence-electron chi connectivity index (χ3n) is 5.63. The SMILES string of the molecule is CN(CCCCCc1cc(-c2cccc(F)c2)n[nH]1)C(=O)Cc1c[nH]c2ccccc12. The summed E-state index contributed by atoms with van der Waals surface area (Å²) in [5, 5.41) is 8.44. The molecule has 4 aromatic rings. The predicted octanol–water partition coefficient (Wildman–Crippen LogP) is 5.11. The molecule has 0 atom stereocenters. The Bertz CT molecular complexity index is 1160. The lowest BCUT2D eigenvalue weighted by Crippen LogP contribution is -2.29. The maximum absolute atomic E-state index is 13.4. The molecule has 6 heteroatoms. The number of hydrogen-bond acceptors (Lipinski definition) is 2. The van der Waals surface area contributed by atoms with Gasteiger partial charge in [-0.15, -0.1) is 0 Å². The zero-order chi connectivity index (χ0) is 21.6. The molecule has 0 radical (unpaired) electrons. The number of aromatic nitrogens is 3. The van der Waals surface area contributed by atoms with Crippen LogP contribution < -0.4 is 0 Å². The molecule has 2 heterocycles. The van der Waals surface area contributed by atoms with Crippen molar-refractivity contribution in [2.24, 2.45) is 0 Å². The number of amides is 1. The number of aromatic amines is 2. The zero-order valence-corrected chi connectivity index (χ0v) is 17.7. The lowest BCUT2D eigenvalue weighted by Gasteiger charge is -2.17. The van der Waals surface area contributed by atoms with Crippen molar-refractivity contribution in [2.75, 3.05) is 13.6 Å². The van der Waals surface area contributed by atoms with Gasteiger partial charge in [0.2, 0.25) is 5.91 Å². The lowest BCUT2D eigenvalue weighted by atomic mass is 10.1. The number of nitrogens with zero attached hydrogens (tertiary/aromatic N) is 2. The Morgan fingerprint density at radius 3 is 2.81 bits per heavy atom. The number of halogens is 1. The Labute approximate surface area is 181 Å². The molecule has 31 heavy (non-hydrogen) atoms. The molecular weight excluding hydrogens is 391 g/mol. The van der Waals surface area contributed by atoms with Crippen LogP contribution in [0.4, 0.5) is 4.39 Å². The number of carbonyl (C=O) groups excluding carboxylic acids is 1. The number of aryl methyl sites for hydroxylation is 1. The number of fused-ring (bicyclic) bond motifs is 1. The van der Waals surface area contributed by atoms with Crippen molar-refractivity contribution in [2.45, 2.75) is 32.1 Å². The number of rotatable bonds is 9. The van der Waals surface area contributed by atoms with Gasteiger partial charge in [0.05, 0.1) is 12.1 Å². The van der Waals surface area contributed by atoms with Gasteiger partial charge < -0.3 is 9.88 Å². The molecule has 2 aromatic heterocycles. The van der Waals surface area contributed by atoms with Gasteiger partial charge in [0.25, 0.3) is 0 Å². The summed E-state index contributed by atoms with van der Waals surface area (Å²) in [4.78, 5) is 17.6. The van der Waals surface area contributed by atoms with Gasteiger partial charge in [-0.25, -0.2) is 4.39 Å². The summed E-state index contributed by atoms with van der Waals surface area (Å²) >= 11 is 0. The number of carbonyl (C=O) groups is 1. The third-order valence-corrected chi connectivity index (χ3v) is 5.63. The number of hydrogen-bond donors (Lipinski definition) is 2. The summed E-state index contributed by atoms with van der Waals surface area (Å²) in [6.45, 7) is 0.749. The van der Waals surface area contributed by atoms with Gasteiger partial charge in [-0.1, -0.05) is 36.8 Å². The van der Waals surface area contributed by atoms with Crippen molar-refractivity contribution in [1.29, 1.82) is 0 Å². The van der Waals surface area contributed by atoms with Crippen molar-refractivity contribution in [3.05, 3.63) is 77.9 Å². The van der Waals surface area contributed by atoms with Crippen LogP contribution in [0.5, 0.6) is 0 Å². The monoisotopic (exact) mass is 418 g/mol. The number of para-hydroxylation sites is 1. The molecule has 0 aliphatic heterocycles. The summed E-state index contributed by atoms with van der Waals surface area (Å²) in [5.41, 5.74) is 4.69. The second-order valence-corrected chi connectivity index (χ2v) is 7.95. The van der Waals surface area contributed by atoms with Crippen LogP contribution in [0.25, 0.3) is 22.2 Å². The summed E-state index contributed by atoms with van der Waals surface area (Å²) < 4.78 is 13.4. The molecule has 5 nitrogen and oxygen atoms in total. The maximum Gasteiger partial charge on any atom is 0.226 e. The molecule has 0 spiro atoms. The minimum Gasteiger partial charge on any atom is -0.361 e. The van der Waals surface area contributed by atoms with E-state index in [0.717, 1.165) is 65.6 Å². The van der Waals surface area contributed by atoms with Gasteiger partial charge in [0.1, 0.15) is 5.82 Å². The molecule has 0 saturated heterocycles. The molecule has 160 valence electrons. The number of unbranched alkanes of at least 4 members (excludes halogenated alkanes) is 2. The molecule has 4 rings (SSSR count). The Hall–Kier alpha value is -3.41. The Kier molecular flexibility index (Phi) is 6.46. The molecule has 0 unspecified atom stereocenters. The highest BCUT2D eigenvalue weighted by Gasteiger charge is 2.12. The van der Waals surface area contributed by atoms with Crippen molar-refractivity contribution in [1.82, 2.24) is 20.1 Å². The van der Waals surface area contributed by atoms with Crippen LogP contribution in [0.1, 0.15) is 30.5 Å². The second-order valence-electron chi connectivity index (χ2n) is 7.95. The first-order chi connectivity index (χ1) is 15.1. The quantitative estimate of drug-likeness (QED) is 0.371. The lowest BCUT2D eigenvalue weighted by molar-refractivity contribution is -0.129. The molecule has 2 aromatic carbocycles. The fourth-order valence-electron chi connectivity index (χ4n) is 3.83. The van der Waals surface area contributed by atoms with E-state index in [1.807, 2.05) is 54.5 Å². The van der Waals surface area contributed by atoms with E-state index in [2.05, 4.69) is 15.2 Å². The maximum atomic E-state index is 13.4. The van der Waals surface area contributed by atoms with E-state index in [1.165, 1.54) is 12.1 Å². The average Bonchev–Trinajstić information content (AvgIpc) is 3.41. The van der Waals surface area contributed by atoms with Crippen LogP contribution in [-0.2, 0) is 17.6 Å². The first-order valence-corrected chi connectivity index (χ1v) is 10.7. The van der Waals surface area contributed by atoms with Crippen LogP contribution in [0.3, 0.4) is 0 Å². The summed E-state index contributed by atoms with van der Waals surface area (Å²) in [7, 11) is 1.87. The molecule has 1 amide bonds. The Balaban J connectivity index is 1.19. The standard InChI is InChI=1S/C25H27FN4O/c1-30(25(31)15-19-17-27-23-12-5-4-11-22(19)23)13-6-2-3-10-21-16-24(29-28-21)18-8-7-9-20(26)14-18/h4-5,7-9,11-12,14,16-17,27H,2-3,6,10,13,15H2,1H3,(H,28,29). The summed E-state index contributed by atoms with van der Waals surface area (Å²) in [6.07, 6.45) is 6.22. The highest BCUT2D eigenvalue weighted by atomic mass is 19.1. The minimum absolute atomic E-state index is 0.137.